The third kappa shape index (κ3) is 3.78. The minimum Gasteiger partial charge on any atom is -0.490 e. The molecule has 0 amide bonds. The van der Waals surface area contributed by atoms with Crippen LogP contribution in [0.3, 0.4) is 0 Å². The second-order valence-corrected chi connectivity index (χ2v) is 8.01. The van der Waals surface area contributed by atoms with Crippen LogP contribution in [0, 0.1) is 6.92 Å². The van der Waals surface area contributed by atoms with Crippen LogP contribution in [0.5, 0.6) is 11.5 Å². The van der Waals surface area contributed by atoms with E-state index in [1.165, 1.54) is 10.0 Å². The molecule has 6 nitrogen and oxygen atoms in total. The molecule has 0 spiro atoms. The maximum absolute atomic E-state index is 13.3. The van der Waals surface area contributed by atoms with Crippen molar-refractivity contribution in [3.05, 3.63) is 48.3 Å². The van der Waals surface area contributed by atoms with Gasteiger partial charge in [-0.25, -0.2) is 17.4 Å². The molecule has 0 fully saturated rings. The Kier molecular flexibility index (Phi) is 5.70. The molecule has 3 rings (SSSR count). The highest BCUT2D eigenvalue weighted by Gasteiger charge is 2.24. The molecule has 0 bridgehead atoms. The van der Waals surface area contributed by atoms with Gasteiger partial charge in [-0.05, 0) is 44.0 Å². The predicted octanol–water partition coefficient (Wildman–Crippen LogP) is 4.16. The molecule has 0 aliphatic rings. The Hall–Kier alpha value is -2.54. The van der Waals surface area contributed by atoms with Gasteiger partial charge in [-0.1, -0.05) is 26.0 Å². The van der Waals surface area contributed by atoms with Crippen LogP contribution in [0.1, 0.15) is 32.5 Å². The number of ether oxygens (including phenoxy) is 2. The third-order valence-corrected chi connectivity index (χ3v) is 5.84. The van der Waals surface area contributed by atoms with Gasteiger partial charge in [0.15, 0.2) is 11.5 Å². The molecule has 0 saturated heterocycles. The van der Waals surface area contributed by atoms with Gasteiger partial charge < -0.3 is 9.47 Å². The molecular formula is C20H24N2O4S. The highest BCUT2D eigenvalue weighted by molar-refractivity contribution is 7.90. The van der Waals surface area contributed by atoms with E-state index in [1.807, 2.05) is 19.9 Å². The van der Waals surface area contributed by atoms with E-state index in [2.05, 4.69) is 4.98 Å². The lowest BCUT2D eigenvalue weighted by molar-refractivity contribution is 0.267. The van der Waals surface area contributed by atoms with Gasteiger partial charge in [0.25, 0.3) is 10.0 Å². The zero-order chi connectivity index (χ0) is 19.4. The lowest BCUT2D eigenvalue weighted by atomic mass is 10.3. The van der Waals surface area contributed by atoms with Crippen LogP contribution in [0.2, 0.25) is 0 Å². The van der Waals surface area contributed by atoms with Crippen LogP contribution in [0.15, 0.2) is 47.4 Å². The summed E-state index contributed by atoms with van der Waals surface area (Å²) >= 11 is 0. The van der Waals surface area contributed by atoms with Crippen molar-refractivity contribution >= 4 is 21.1 Å². The normalized spacial score (nSPS) is 11.7. The zero-order valence-corrected chi connectivity index (χ0v) is 16.6. The smallest absolute Gasteiger partial charge is 0.269 e. The fourth-order valence-corrected chi connectivity index (χ4v) is 4.35. The van der Waals surface area contributed by atoms with Crippen LogP contribution in [0.25, 0.3) is 11.0 Å². The minimum atomic E-state index is -3.82. The van der Waals surface area contributed by atoms with Crippen molar-refractivity contribution in [2.24, 2.45) is 0 Å². The Bertz CT molecular complexity index is 1040. The van der Waals surface area contributed by atoms with Crippen molar-refractivity contribution in [3.8, 4) is 11.5 Å². The highest BCUT2D eigenvalue weighted by Crippen LogP contribution is 2.32. The van der Waals surface area contributed by atoms with E-state index in [1.54, 1.807) is 37.3 Å². The number of aromatic nitrogens is 2. The fraction of sp³-hybridized carbons (Fsp3) is 0.350. The summed E-state index contributed by atoms with van der Waals surface area (Å²) in [6.07, 6.45) is 1.67. The van der Waals surface area contributed by atoms with E-state index < -0.39 is 10.0 Å². The zero-order valence-electron chi connectivity index (χ0n) is 15.8. The summed E-state index contributed by atoms with van der Waals surface area (Å²) in [4.78, 5) is 4.51. The summed E-state index contributed by atoms with van der Waals surface area (Å²) in [5, 5.41) is 0. The maximum atomic E-state index is 13.3. The van der Waals surface area contributed by atoms with Gasteiger partial charge in [0.05, 0.1) is 29.1 Å². The fourth-order valence-electron chi connectivity index (χ4n) is 2.84. The molecule has 0 aliphatic heterocycles. The quantitative estimate of drug-likeness (QED) is 0.579. The van der Waals surface area contributed by atoms with Crippen LogP contribution in [0.4, 0.5) is 0 Å². The Morgan fingerprint density at radius 3 is 2.33 bits per heavy atom. The summed E-state index contributed by atoms with van der Waals surface area (Å²) < 4.78 is 39.3. The number of para-hydroxylation sites is 2. The lowest BCUT2D eigenvalue weighted by Crippen LogP contribution is -2.15. The summed E-state index contributed by atoms with van der Waals surface area (Å²) in [5.74, 6) is 1.41. The van der Waals surface area contributed by atoms with Crippen molar-refractivity contribution in [1.29, 1.82) is 0 Å². The number of fused-ring (bicyclic) bond motifs is 1. The molecule has 3 aromatic rings. The number of rotatable bonds is 8. The van der Waals surface area contributed by atoms with E-state index in [4.69, 9.17) is 9.47 Å². The number of benzene rings is 2. The highest BCUT2D eigenvalue weighted by atomic mass is 32.2. The maximum Gasteiger partial charge on any atom is 0.269 e. The monoisotopic (exact) mass is 388 g/mol. The molecule has 0 unspecified atom stereocenters. The summed E-state index contributed by atoms with van der Waals surface area (Å²) in [5.41, 5.74) is 1.20. The molecule has 7 heteroatoms. The van der Waals surface area contributed by atoms with E-state index in [9.17, 15) is 8.42 Å². The van der Waals surface area contributed by atoms with E-state index >= 15 is 0 Å². The number of hydrogen-bond donors (Lipinski definition) is 0. The standard InChI is InChI=1S/C20H24N2O4S/c1-4-12-25-19-11-10-16(14-20(19)26-13-5-2)27(23,24)22-15(3)21-17-8-6-7-9-18(17)22/h6-11,14H,4-5,12-13H2,1-3H3. The van der Waals surface area contributed by atoms with E-state index in [-0.39, 0.29) is 4.90 Å². The molecule has 27 heavy (non-hydrogen) atoms. The predicted molar refractivity (Wildman–Crippen MR) is 105 cm³/mol. The number of nitrogens with zero attached hydrogens (tertiary/aromatic N) is 2. The Balaban J connectivity index is 2.09. The molecule has 1 aromatic heterocycles. The summed E-state index contributed by atoms with van der Waals surface area (Å²) in [6, 6.07) is 11.9. The molecule has 1 heterocycles. The first-order valence-corrected chi connectivity index (χ1v) is 10.5. The third-order valence-electron chi connectivity index (χ3n) is 4.05. The SMILES string of the molecule is CCCOc1ccc(S(=O)(=O)n2c(C)nc3ccccc32)cc1OCCC. The Morgan fingerprint density at radius 1 is 0.963 bits per heavy atom. The Morgan fingerprint density at radius 2 is 1.63 bits per heavy atom. The lowest BCUT2D eigenvalue weighted by Gasteiger charge is -2.15. The van der Waals surface area contributed by atoms with Crippen molar-refractivity contribution in [1.82, 2.24) is 8.96 Å². The van der Waals surface area contributed by atoms with Crippen molar-refractivity contribution in [3.63, 3.8) is 0 Å². The first kappa shape index (κ1) is 19.2. The van der Waals surface area contributed by atoms with Gasteiger partial charge >= 0.3 is 0 Å². The van der Waals surface area contributed by atoms with Gasteiger partial charge in [-0.15, -0.1) is 0 Å². The molecule has 0 radical (unpaired) electrons. The van der Waals surface area contributed by atoms with Crippen molar-refractivity contribution < 1.29 is 17.9 Å². The van der Waals surface area contributed by atoms with E-state index in [0.29, 0.717) is 41.6 Å². The van der Waals surface area contributed by atoms with Gasteiger partial charge in [-0.2, -0.15) is 0 Å². The van der Waals surface area contributed by atoms with E-state index in [0.717, 1.165) is 12.8 Å². The van der Waals surface area contributed by atoms with Gasteiger partial charge in [-0.3, -0.25) is 0 Å². The second kappa shape index (κ2) is 8.00. The van der Waals surface area contributed by atoms with Crippen molar-refractivity contribution in [2.75, 3.05) is 13.2 Å². The molecule has 2 aromatic carbocycles. The van der Waals surface area contributed by atoms with Crippen LogP contribution in [-0.4, -0.2) is 30.6 Å². The van der Waals surface area contributed by atoms with Gasteiger partial charge in [0.2, 0.25) is 0 Å². The average molecular weight is 388 g/mol. The van der Waals surface area contributed by atoms with Crippen LogP contribution in [-0.2, 0) is 10.0 Å². The average Bonchev–Trinajstić information content (AvgIpc) is 3.01. The molecule has 144 valence electrons. The second-order valence-electron chi connectivity index (χ2n) is 6.22. The molecule has 0 saturated carbocycles. The van der Waals surface area contributed by atoms with Crippen LogP contribution < -0.4 is 9.47 Å². The number of hydrogen-bond acceptors (Lipinski definition) is 5. The topological polar surface area (TPSA) is 70.4 Å². The molecule has 0 atom stereocenters. The van der Waals surface area contributed by atoms with Crippen molar-refractivity contribution in [2.45, 2.75) is 38.5 Å². The van der Waals surface area contributed by atoms with Crippen LogP contribution >= 0.6 is 0 Å². The minimum absolute atomic E-state index is 0.142. The van der Waals surface area contributed by atoms with Gasteiger partial charge in [0, 0.05) is 6.07 Å². The Labute approximate surface area is 159 Å². The number of imidazole rings is 1. The molecule has 0 aliphatic carbocycles. The molecule has 0 N–H and O–H groups in total. The largest absolute Gasteiger partial charge is 0.490 e. The summed E-state index contributed by atoms with van der Waals surface area (Å²) in [6.45, 7) is 6.72. The molecular weight excluding hydrogens is 364 g/mol. The summed E-state index contributed by atoms with van der Waals surface area (Å²) in [7, 11) is -3.82. The first-order chi connectivity index (χ1) is 13.0. The van der Waals surface area contributed by atoms with Gasteiger partial charge in [0.1, 0.15) is 5.82 Å². The first-order valence-electron chi connectivity index (χ1n) is 9.08. The number of aryl methyl sites for hydroxylation is 1.